The summed E-state index contributed by atoms with van der Waals surface area (Å²) in [5.74, 6) is -3.78. The zero-order chi connectivity index (χ0) is 35.6. The third kappa shape index (κ3) is 8.40. The molecule has 3 atom stereocenters. The minimum absolute atomic E-state index is 0.0133. The molecule has 49 heavy (non-hydrogen) atoms. The molecule has 3 aromatic rings. The van der Waals surface area contributed by atoms with Crippen LogP contribution in [-0.2, 0) is 32.9 Å². The van der Waals surface area contributed by atoms with Gasteiger partial charge in [0.25, 0.3) is 5.91 Å². The molecule has 2 aliphatic heterocycles. The van der Waals surface area contributed by atoms with Crippen LogP contribution in [0.1, 0.15) is 47.4 Å². The lowest BCUT2D eigenvalue weighted by Crippen LogP contribution is -2.60. The van der Waals surface area contributed by atoms with E-state index in [0.29, 0.717) is 22.3 Å². The van der Waals surface area contributed by atoms with Gasteiger partial charge >= 0.3 is 6.18 Å². The summed E-state index contributed by atoms with van der Waals surface area (Å²) in [5, 5.41) is 3.22. The highest BCUT2D eigenvalue weighted by Crippen LogP contribution is 2.41. The summed E-state index contributed by atoms with van der Waals surface area (Å²) in [5.41, 5.74) is 7.96. The lowest BCUT2D eigenvalue weighted by molar-refractivity contribution is -0.165. The Morgan fingerprint density at radius 2 is 1.90 bits per heavy atom. The Labute approximate surface area is 279 Å². The molecule has 10 nitrogen and oxygen atoms in total. The van der Waals surface area contributed by atoms with Crippen molar-refractivity contribution in [1.82, 2.24) is 25.6 Å². The molecular weight excluding hydrogens is 651 g/mol. The summed E-state index contributed by atoms with van der Waals surface area (Å²) < 4.78 is 73.7. The monoisotopic (exact) mass is 688 g/mol. The lowest BCUT2D eigenvalue weighted by Gasteiger charge is -2.43. The van der Waals surface area contributed by atoms with E-state index >= 15 is 0 Å². The van der Waals surface area contributed by atoms with Crippen molar-refractivity contribution in [3.05, 3.63) is 101 Å². The van der Waals surface area contributed by atoms with Gasteiger partial charge in [-0.15, -0.1) is 0 Å². The number of benzene rings is 2. The van der Waals surface area contributed by atoms with Crippen LogP contribution in [0.2, 0.25) is 0 Å². The number of ether oxygens (including phenoxy) is 1. The number of hydrogen-bond donors (Lipinski definition) is 3. The normalized spacial score (nSPS) is 20.2. The minimum atomic E-state index is -4.68. The third-order valence-electron chi connectivity index (χ3n) is 8.71. The van der Waals surface area contributed by atoms with Crippen LogP contribution in [0, 0.1) is 17.0 Å². The van der Waals surface area contributed by atoms with Gasteiger partial charge in [0, 0.05) is 60.2 Å². The van der Waals surface area contributed by atoms with Gasteiger partial charge in [-0.2, -0.15) is 13.2 Å². The van der Waals surface area contributed by atoms with Crippen molar-refractivity contribution in [3.8, 4) is 0 Å². The van der Waals surface area contributed by atoms with Crippen molar-refractivity contribution in [1.29, 1.82) is 0 Å². The lowest BCUT2D eigenvalue weighted by atomic mass is 9.72. The Balaban J connectivity index is 1.42. The van der Waals surface area contributed by atoms with Crippen molar-refractivity contribution < 1.29 is 41.1 Å². The molecule has 2 aliphatic rings. The van der Waals surface area contributed by atoms with Gasteiger partial charge in [-0.1, -0.05) is 24.3 Å². The number of alkyl halides is 3. The maximum atomic E-state index is 14.3. The van der Waals surface area contributed by atoms with E-state index in [0.717, 1.165) is 6.07 Å². The Kier molecular flexibility index (Phi) is 10.4. The molecule has 0 spiro atoms. The van der Waals surface area contributed by atoms with Gasteiger partial charge in [-0.05, 0) is 56.2 Å². The summed E-state index contributed by atoms with van der Waals surface area (Å²) >= 11 is 0. The molecular formula is C34H37F5N6O4. The summed E-state index contributed by atoms with van der Waals surface area (Å²) in [6.07, 6.45) is -3.11. The van der Waals surface area contributed by atoms with Gasteiger partial charge in [0.05, 0.1) is 18.6 Å². The second-order valence-electron chi connectivity index (χ2n) is 13.0. The molecule has 0 saturated carbocycles. The molecule has 2 saturated heterocycles. The molecule has 15 heteroatoms. The smallest absolute Gasteiger partial charge is 0.374 e. The molecule has 3 amide bonds. The van der Waals surface area contributed by atoms with Gasteiger partial charge in [0.15, 0.2) is 0 Å². The van der Waals surface area contributed by atoms with E-state index in [1.54, 1.807) is 50.2 Å². The first-order valence-corrected chi connectivity index (χ1v) is 15.6. The standard InChI is InChI=1S/C34H37F5N6O4/c1-32(2,40)23-7-5-6-21(14-23)29(46)42-27(18-49-17-22-9-10-24(35)15-26(22)36)30(47)44-13-11-28-33(19-44,16-25-8-3-4-12-41-25)31(48)45(43-28)20-34(37,38)39/h3-10,12,14-15,27-28,43H,11,13,16-20,40H2,1-2H3,(H,42,46). The molecule has 3 unspecified atom stereocenters. The van der Waals surface area contributed by atoms with Crippen LogP contribution in [0.15, 0.2) is 66.9 Å². The first-order chi connectivity index (χ1) is 23.1. The number of amides is 3. The molecule has 5 rings (SSSR count). The van der Waals surface area contributed by atoms with Crippen LogP contribution >= 0.6 is 0 Å². The second-order valence-corrected chi connectivity index (χ2v) is 13.0. The maximum Gasteiger partial charge on any atom is 0.407 e. The van der Waals surface area contributed by atoms with Crippen LogP contribution in [0.3, 0.4) is 0 Å². The summed E-state index contributed by atoms with van der Waals surface area (Å²) in [7, 11) is 0. The van der Waals surface area contributed by atoms with Crippen molar-refractivity contribution in [2.24, 2.45) is 11.1 Å². The van der Waals surface area contributed by atoms with Gasteiger partial charge in [-0.25, -0.2) is 14.2 Å². The highest BCUT2D eigenvalue weighted by atomic mass is 19.4. The van der Waals surface area contributed by atoms with Crippen molar-refractivity contribution in [2.75, 3.05) is 26.2 Å². The summed E-state index contributed by atoms with van der Waals surface area (Å²) in [4.78, 5) is 47.1. The zero-order valence-corrected chi connectivity index (χ0v) is 26.9. The molecule has 3 heterocycles. The van der Waals surface area contributed by atoms with Crippen molar-refractivity contribution >= 4 is 17.7 Å². The number of pyridine rings is 1. The van der Waals surface area contributed by atoms with Crippen LogP contribution in [0.5, 0.6) is 0 Å². The first kappa shape index (κ1) is 35.8. The number of carbonyl (C=O) groups excluding carboxylic acids is 3. The fourth-order valence-corrected chi connectivity index (χ4v) is 6.20. The van der Waals surface area contributed by atoms with Crippen LogP contribution in [0.25, 0.3) is 0 Å². The number of hydrazine groups is 1. The van der Waals surface area contributed by atoms with E-state index in [1.807, 2.05) is 0 Å². The number of likely N-dealkylation sites (tertiary alicyclic amines) is 1. The molecule has 1 aromatic heterocycles. The number of hydrogen-bond acceptors (Lipinski definition) is 7. The number of nitrogens with one attached hydrogen (secondary N) is 2. The molecule has 0 aliphatic carbocycles. The van der Waals surface area contributed by atoms with E-state index in [9.17, 15) is 36.3 Å². The molecule has 0 radical (unpaired) electrons. The number of nitrogens with two attached hydrogens (primary N) is 1. The molecule has 262 valence electrons. The maximum absolute atomic E-state index is 14.3. The zero-order valence-electron chi connectivity index (χ0n) is 26.9. The van der Waals surface area contributed by atoms with E-state index in [2.05, 4.69) is 15.7 Å². The quantitative estimate of drug-likeness (QED) is 0.263. The largest absolute Gasteiger partial charge is 0.407 e. The third-order valence-corrected chi connectivity index (χ3v) is 8.71. The predicted octanol–water partition coefficient (Wildman–Crippen LogP) is 3.61. The number of nitrogens with zero attached hydrogens (tertiary/aromatic N) is 3. The minimum Gasteiger partial charge on any atom is -0.374 e. The van der Waals surface area contributed by atoms with Gasteiger partial charge in [0.2, 0.25) is 11.8 Å². The van der Waals surface area contributed by atoms with Gasteiger partial charge in [-0.3, -0.25) is 24.4 Å². The average molecular weight is 689 g/mol. The summed E-state index contributed by atoms with van der Waals surface area (Å²) in [6.45, 7) is 0.973. The fraction of sp³-hybridized carbons (Fsp3) is 0.412. The van der Waals surface area contributed by atoms with E-state index in [1.165, 1.54) is 23.2 Å². The fourth-order valence-electron chi connectivity index (χ4n) is 6.20. The molecule has 2 aromatic carbocycles. The topological polar surface area (TPSA) is 130 Å². The first-order valence-electron chi connectivity index (χ1n) is 15.6. The molecule has 0 bridgehead atoms. The van der Waals surface area contributed by atoms with Crippen LogP contribution in [-0.4, -0.2) is 77.1 Å². The van der Waals surface area contributed by atoms with E-state index < -0.39 is 71.7 Å². The van der Waals surface area contributed by atoms with Crippen LogP contribution < -0.4 is 16.5 Å². The predicted molar refractivity (Wildman–Crippen MR) is 167 cm³/mol. The SMILES string of the molecule is CC(C)(N)c1cccc(C(=O)NC(COCc2ccc(F)cc2F)C(=O)N2CCC3NN(CC(F)(F)F)C(=O)C3(Cc3ccccn3)C2)c1. The molecule has 2 fully saturated rings. The van der Waals surface area contributed by atoms with E-state index in [4.69, 9.17) is 10.5 Å². The van der Waals surface area contributed by atoms with Gasteiger partial charge in [0.1, 0.15) is 24.2 Å². The van der Waals surface area contributed by atoms with Crippen molar-refractivity contribution in [3.63, 3.8) is 0 Å². The summed E-state index contributed by atoms with van der Waals surface area (Å²) in [6, 6.07) is 12.3. The second kappa shape index (κ2) is 14.2. The Hall–Kier alpha value is -4.47. The van der Waals surface area contributed by atoms with E-state index in [-0.39, 0.29) is 43.7 Å². The molecule has 4 N–H and O–H groups in total. The highest BCUT2D eigenvalue weighted by Gasteiger charge is 2.59. The van der Waals surface area contributed by atoms with Crippen molar-refractivity contribution in [2.45, 2.75) is 57.1 Å². The number of carbonyl (C=O) groups is 3. The average Bonchev–Trinajstić information content (AvgIpc) is 3.29. The Bertz CT molecular complexity index is 1690. The number of piperidine rings is 1. The number of halogens is 5. The number of rotatable bonds is 11. The number of aromatic nitrogens is 1. The number of fused-ring (bicyclic) bond motifs is 1. The Morgan fingerprint density at radius 3 is 2.57 bits per heavy atom. The van der Waals surface area contributed by atoms with Gasteiger partial charge < -0.3 is 20.7 Å². The highest BCUT2D eigenvalue weighted by molar-refractivity contribution is 5.98. The Morgan fingerprint density at radius 1 is 1.12 bits per heavy atom. The van der Waals surface area contributed by atoms with Crippen LogP contribution in [0.4, 0.5) is 22.0 Å².